The highest BCUT2D eigenvalue weighted by molar-refractivity contribution is 5.27. The van der Waals surface area contributed by atoms with Crippen molar-refractivity contribution in [3.05, 3.63) is 35.4 Å². The maximum absolute atomic E-state index is 8.65. The summed E-state index contributed by atoms with van der Waals surface area (Å²) < 4.78 is 0. The number of rotatable bonds is 3. The van der Waals surface area contributed by atoms with Crippen molar-refractivity contribution in [3.63, 3.8) is 0 Å². The molecule has 1 atom stereocenters. The fourth-order valence-electron chi connectivity index (χ4n) is 1.44. The van der Waals surface area contributed by atoms with Gasteiger partial charge in [-0.2, -0.15) is 5.26 Å². The number of nitrogens with zero attached hydrogens (tertiary/aromatic N) is 1. The van der Waals surface area contributed by atoms with Gasteiger partial charge in [-0.05, 0) is 23.5 Å². The third-order valence-corrected chi connectivity index (χ3v) is 2.63. The molecule has 0 aliphatic heterocycles. The van der Waals surface area contributed by atoms with Crippen molar-refractivity contribution in [1.82, 2.24) is 5.32 Å². The van der Waals surface area contributed by atoms with Crippen LogP contribution in [0.15, 0.2) is 24.3 Å². The molecule has 0 aliphatic carbocycles. The second-order valence-electron chi connectivity index (χ2n) is 5.18. The molecule has 0 amide bonds. The average Bonchev–Trinajstić information content (AvgIpc) is 2.25. The summed E-state index contributed by atoms with van der Waals surface area (Å²) in [6.07, 6.45) is 0. The number of nitriles is 1. The normalized spacial score (nSPS) is 13.2. The summed E-state index contributed by atoms with van der Waals surface area (Å²) in [7, 11) is 0. The van der Waals surface area contributed by atoms with E-state index in [2.05, 4.69) is 56.4 Å². The topological polar surface area (TPSA) is 35.8 Å². The summed E-state index contributed by atoms with van der Waals surface area (Å²) in [5, 5.41) is 11.8. The molecule has 0 aliphatic rings. The van der Waals surface area contributed by atoms with Crippen molar-refractivity contribution >= 4 is 0 Å². The summed E-state index contributed by atoms with van der Waals surface area (Å²) in [6.45, 7) is 9.23. The summed E-state index contributed by atoms with van der Waals surface area (Å²) in [5.41, 5.74) is 2.76. The Hall–Kier alpha value is -1.33. The zero-order valence-corrected chi connectivity index (χ0v) is 10.5. The Morgan fingerprint density at radius 1 is 1.25 bits per heavy atom. The fraction of sp³-hybridized carbons (Fsp3) is 0.500. The van der Waals surface area contributed by atoms with E-state index in [1.807, 2.05) is 6.92 Å². The minimum Gasteiger partial charge on any atom is -0.298 e. The quantitative estimate of drug-likeness (QED) is 0.843. The molecule has 1 aromatic carbocycles. The molecule has 0 fully saturated rings. The Balaban J connectivity index is 2.63. The van der Waals surface area contributed by atoms with E-state index in [4.69, 9.17) is 5.26 Å². The second kappa shape index (κ2) is 5.14. The van der Waals surface area contributed by atoms with Crippen molar-refractivity contribution in [1.29, 1.82) is 5.26 Å². The van der Waals surface area contributed by atoms with E-state index in [0.717, 1.165) is 6.54 Å². The molecule has 1 unspecified atom stereocenters. The molecule has 0 aromatic heterocycles. The van der Waals surface area contributed by atoms with Gasteiger partial charge in [-0.1, -0.05) is 45.0 Å². The SMILES string of the molecule is CC(C#N)NCc1ccc(C(C)(C)C)cc1. The Kier molecular flexibility index (Phi) is 4.09. The molecular formula is C14H20N2. The highest BCUT2D eigenvalue weighted by atomic mass is 14.9. The molecule has 1 rings (SSSR count). The summed E-state index contributed by atoms with van der Waals surface area (Å²) in [5.74, 6) is 0. The molecule has 0 bridgehead atoms. The maximum Gasteiger partial charge on any atom is 0.0927 e. The third-order valence-electron chi connectivity index (χ3n) is 2.63. The zero-order chi connectivity index (χ0) is 12.2. The highest BCUT2D eigenvalue weighted by Crippen LogP contribution is 2.22. The monoisotopic (exact) mass is 216 g/mol. The lowest BCUT2D eigenvalue weighted by Crippen LogP contribution is -2.23. The maximum atomic E-state index is 8.65. The van der Waals surface area contributed by atoms with Gasteiger partial charge in [0.15, 0.2) is 0 Å². The fourth-order valence-corrected chi connectivity index (χ4v) is 1.44. The smallest absolute Gasteiger partial charge is 0.0927 e. The van der Waals surface area contributed by atoms with Crippen LogP contribution in [-0.4, -0.2) is 6.04 Å². The van der Waals surface area contributed by atoms with Gasteiger partial charge in [0.1, 0.15) is 0 Å². The Morgan fingerprint density at radius 2 is 1.81 bits per heavy atom. The number of hydrogen-bond donors (Lipinski definition) is 1. The van der Waals surface area contributed by atoms with Gasteiger partial charge in [0, 0.05) is 6.54 Å². The van der Waals surface area contributed by atoms with Gasteiger partial charge in [-0.3, -0.25) is 5.32 Å². The first-order chi connectivity index (χ1) is 7.43. The van der Waals surface area contributed by atoms with Crippen LogP contribution in [0.25, 0.3) is 0 Å². The number of hydrogen-bond acceptors (Lipinski definition) is 2. The van der Waals surface area contributed by atoms with Gasteiger partial charge in [-0.25, -0.2) is 0 Å². The van der Waals surface area contributed by atoms with Crippen LogP contribution in [0.4, 0.5) is 0 Å². The first kappa shape index (κ1) is 12.7. The van der Waals surface area contributed by atoms with Crippen molar-refractivity contribution < 1.29 is 0 Å². The molecule has 86 valence electrons. The Morgan fingerprint density at radius 3 is 2.25 bits per heavy atom. The third kappa shape index (κ3) is 3.67. The molecule has 0 radical (unpaired) electrons. The van der Waals surface area contributed by atoms with Crippen molar-refractivity contribution in [3.8, 4) is 6.07 Å². The van der Waals surface area contributed by atoms with Crippen LogP contribution in [0.2, 0.25) is 0 Å². The lowest BCUT2D eigenvalue weighted by atomic mass is 9.87. The van der Waals surface area contributed by atoms with Crippen LogP contribution in [0.5, 0.6) is 0 Å². The standard InChI is InChI=1S/C14H20N2/c1-11(9-15)16-10-12-5-7-13(8-6-12)14(2,3)4/h5-8,11,16H,10H2,1-4H3. The Bertz CT molecular complexity index is 365. The van der Waals surface area contributed by atoms with Gasteiger partial charge < -0.3 is 0 Å². The molecule has 1 N–H and O–H groups in total. The van der Waals surface area contributed by atoms with E-state index in [9.17, 15) is 0 Å². The molecule has 0 saturated heterocycles. The summed E-state index contributed by atoms with van der Waals surface area (Å²) in [4.78, 5) is 0. The van der Waals surface area contributed by atoms with Crippen molar-refractivity contribution in [2.75, 3.05) is 0 Å². The van der Waals surface area contributed by atoms with Gasteiger partial charge in [0.05, 0.1) is 12.1 Å². The lowest BCUT2D eigenvalue weighted by molar-refractivity contribution is 0.589. The average molecular weight is 216 g/mol. The van der Waals surface area contributed by atoms with Gasteiger partial charge in [-0.15, -0.1) is 0 Å². The minimum absolute atomic E-state index is 0.0951. The van der Waals surface area contributed by atoms with Crippen molar-refractivity contribution in [2.24, 2.45) is 0 Å². The van der Waals surface area contributed by atoms with Gasteiger partial charge in [0.25, 0.3) is 0 Å². The first-order valence-electron chi connectivity index (χ1n) is 5.66. The molecular weight excluding hydrogens is 196 g/mol. The van der Waals surface area contributed by atoms with E-state index >= 15 is 0 Å². The minimum atomic E-state index is -0.0951. The molecule has 16 heavy (non-hydrogen) atoms. The van der Waals surface area contributed by atoms with Gasteiger partial charge in [0.2, 0.25) is 0 Å². The summed E-state index contributed by atoms with van der Waals surface area (Å²) in [6, 6.07) is 10.6. The second-order valence-corrected chi connectivity index (χ2v) is 5.18. The van der Waals surface area contributed by atoms with Crippen LogP contribution in [0.3, 0.4) is 0 Å². The molecule has 0 heterocycles. The van der Waals surface area contributed by atoms with Crippen LogP contribution in [-0.2, 0) is 12.0 Å². The molecule has 2 nitrogen and oxygen atoms in total. The number of nitrogens with one attached hydrogen (secondary N) is 1. The predicted octanol–water partition coefficient (Wildman–Crippen LogP) is 2.99. The number of benzene rings is 1. The van der Waals surface area contributed by atoms with E-state index in [1.165, 1.54) is 11.1 Å². The van der Waals surface area contributed by atoms with Gasteiger partial charge >= 0.3 is 0 Å². The van der Waals surface area contributed by atoms with Crippen LogP contribution < -0.4 is 5.32 Å². The molecule has 0 saturated carbocycles. The van der Waals surface area contributed by atoms with Crippen LogP contribution >= 0.6 is 0 Å². The summed E-state index contributed by atoms with van der Waals surface area (Å²) >= 11 is 0. The van der Waals surface area contributed by atoms with Crippen LogP contribution in [0.1, 0.15) is 38.8 Å². The largest absolute Gasteiger partial charge is 0.298 e. The van der Waals surface area contributed by atoms with E-state index in [0.29, 0.717) is 0 Å². The predicted molar refractivity (Wildman–Crippen MR) is 67.1 cm³/mol. The van der Waals surface area contributed by atoms with Crippen molar-refractivity contribution in [2.45, 2.75) is 45.7 Å². The van der Waals surface area contributed by atoms with E-state index < -0.39 is 0 Å². The molecule has 2 heteroatoms. The first-order valence-corrected chi connectivity index (χ1v) is 5.66. The highest BCUT2D eigenvalue weighted by Gasteiger charge is 2.12. The van der Waals surface area contributed by atoms with E-state index in [-0.39, 0.29) is 11.5 Å². The Labute approximate surface area is 98.3 Å². The molecule has 0 spiro atoms. The van der Waals surface area contributed by atoms with Crippen LogP contribution in [0, 0.1) is 11.3 Å². The zero-order valence-electron chi connectivity index (χ0n) is 10.5. The molecule has 1 aromatic rings. The van der Waals surface area contributed by atoms with E-state index in [1.54, 1.807) is 0 Å². The lowest BCUT2D eigenvalue weighted by Gasteiger charge is -2.19.